The number of benzene rings is 2. The van der Waals surface area contributed by atoms with Gasteiger partial charge in [0.15, 0.2) is 0 Å². The number of hydrogen-bond donors (Lipinski definition) is 8. The smallest absolute Gasteiger partial charge is 0.326 e. The molecule has 12 nitrogen and oxygen atoms in total. The first-order valence-corrected chi connectivity index (χ1v) is 13.5. The SMILES string of the molecule is NCCCCC(NC(=O)C(Cc1c[nH]c2ccccc12)NC(=O)C(Cc1ccccc1)NC(=O)C(N)CO)C(=O)O. The molecule has 10 N–H and O–H groups in total. The van der Waals surface area contributed by atoms with Crippen LogP contribution < -0.4 is 27.4 Å². The molecular formula is C29H38N6O6. The maximum Gasteiger partial charge on any atom is 0.326 e. The summed E-state index contributed by atoms with van der Waals surface area (Å²) in [6.45, 7) is -0.216. The van der Waals surface area contributed by atoms with E-state index in [1.165, 1.54) is 0 Å². The highest BCUT2D eigenvalue weighted by Crippen LogP contribution is 2.19. The monoisotopic (exact) mass is 566 g/mol. The van der Waals surface area contributed by atoms with Crippen molar-refractivity contribution in [1.82, 2.24) is 20.9 Å². The quantitative estimate of drug-likeness (QED) is 0.110. The molecule has 220 valence electrons. The summed E-state index contributed by atoms with van der Waals surface area (Å²) in [5.41, 5.74) is 13.5. The predicted octanol–water partition coefficient (Wildman–Crippen LogP) is -0.0593. The fourth-order valence-corrected chi connectivity index (χ4v) is 4.45. The average Bonchev–Trinajstić information content (AvgIpc) is 3.38. The molecule has 0 aliphatic heterocycles. The number of carbonyl (C=O) groups is 4. The molecule has 0 aliphatic rings. The maximum absolute atomic E-state index is 13.6. The standard InChI is InChI=1S/C29H38N6O6/c30-13-7-6-12-23(29(40)41)33-28(39)25(15-19-16-32-22-11-5-4-10-20(19)22)35-27(38)24(34-26(37)21(31)17-36)14-18-8-2-1-3-9-18/h1-5,8-11,16,21,23-25,32,36H,6-7,12-15,17,30-31H2,(H,33,39)(H,34,37)(H,35,38)(H,40,41). The molecular weight excluding hydrogens is 528 g/mol. The second-order valence-corrected chi connectivity index (χ2v) is 9.85. The van der Waals surface area contributed by atoms with Gasteiger partial charge in [-0.3, -0.25) is 14.4 Å². The minimum absolute atomic E-state index is 0.0544. The number of fused-ring (bicyclic) bond motifs is 1. The Morgan fingerprint density at radius 1 is 0.805 bits per heavy atom. The fraction of sp³-hybridized carbons (Fsp3) is 0.379. The summed E-state index contributed by atoms with van der Waals surface area (Å²) in [5.74, 6) is -3.27. The number of aliphatic hydroxyl groups excluding tert-OH is 1. The van der Waals surface area contributed by atoms with Gasteiger partial charge in [-0.25, -0.2) is 4.79 Å². The summed E-state index contributed by atoms with van der Waals surface area (Å²) in [4.78, 5) is 54.6. The minimum Gasteiger partial charge on any atom is -0.480 e. The number of carbonyl (C=O) groups excluding carboxylic acids is 3. The third-order valence-electron chi connectivity index (χ3n) is 6.74. The molecule has 0 fully saturated rings. The Hall–Kier alpha value is -4.26. The van der Waals surface area contributed by atoms with Gasteiger partial charge in [0.25, 0.3) is 0 Å². The number of hydrogen-bond acceptors (Lipinski definition) is 7. The molecule has 1 aromatic heterocycles. The van der Waals surface area contributed by atoms with Crippen molar-refractivity contribution in [3.05, 3.63) is 71.9 Å². The van der Waals surface area contributed by atoms with E-state index in [9.17, 15) is 29.4 Å². The lowest BCUT2D eigenvalue weighted by atomic mass is 10.0. The van der Waals surface area contributed by atoms with E-state index in [2.05, 4.69) is 20.9 Å². The average molecular weight is 567 g/mol. The van der Waals surface area contributed by atoms with Crippen LogP contribution in [0, 0.1) is 0 Å². The van der Waals surface area contributed by atoms with E-state index in [-0.39, 0.29) is 19.3 Å². The summed E-state index contributed by atoms with van der Waals surface area (Å²) in [6, 6.07) is 11.7. The number of aliphatic hydroxyl groups is 1. The van der Waals surface area contributed by atoms with Crippen molar-refractivity contribution >= 4 is 34.6 Å². The third-order valence-corrected chi connectivity index (χ3v) is 6.74. The number of amides is 3. The molecule has 0 radical (unpaired) electrons. The molecule has 0 saturated carbocycles. The normalized spacial score (nSPS) is 14.0. The summed E-state index contributed by atoms with van der Waals surface area (Å²) >= 11 is 0. The second kappa shape index (κ2) is 15.5. The van der Waals surface area contributed by atoms with Gasteiger partial charge in [-0.1, -0.05) is 48.5 Å². The number of nitrogens with one attached hydrogen (secondary N) is 4. The highest BCUT2D eigenvalue weighted by molar-refractivity contribution is 5.95. The van der Waals surface area contributed by atoms with Crippen LogP contribution >= 0.6 is 0 Å². The number of rotatable bonds is 16. The molecule has 0 aliphatic carbocycles. The molecule has 0 saturated heterocycles. The Bertz CT molecular complexity index is 1310. The Morgan fingerprint density at radius 2 is 1.41 bits per heavy atom. The molecule has 2 aromatic carbocycles. The van der Waals surface area contributed by atoms with Crippen molar-refractivity contribution < 1.29 is 29.4 Å². The highest BCUT2D eigenvalue weighted by Gasteiger charge is 2.31. The first-order chi connectivity index (χ1) is 19.7. The summed E-state index contributed by atoms with van der Waals surface area (Å²) in [5, 5.41) is 27.7. The van der Waals surface area contributed by atoms with Crippen LogP contribution in [0.5, 0.6) is 0 Å². The second-order valence-electron chi connectivity index (χ2n) is 9.85. The number of aromatic amines is 1. The summed E-state index contributed by atoms with van der Waals surface area (Å²) < 4.78 is 0. The lowest BCUT2D eigenvalue weighted by Gasteiger charge is -2.25. The Balaban J connectivity index is 1.87. The van der Waals surface area contributed by atoms with Crippen molar-refractivity contribution in [2.24, 2.45) is 11.5 Å². The van der Waals surface area contributed by atoms with Gasteiger partial charge in [0.1, 0.15) is 24.2 Å². The van der Waals surface area contributed by atoms with Crippen LogP contribution in [0.1, 0.15) is 30.4 Å². The van der Waals surface area contributed by atoms with E-state index in [1.807, 2.05) is 30.3 Å². The van der Waals surface area contributed by atoms with Gasteiger partial charge >= 0.3 is 5.97 Å². The van der Waals surface area contributed by atoms with E-state index in [0.717, 1.165) is 22.0 Å². The van der Waals surface area contributed by atoms with E-state index in [0.29, 0.717) is 19.4 Å². The number of nitrogens with two attached hydrogens (primary N) is 2. The molecule has 1 heterocycles. The minimum atomic E-state index is -1.24. The number of aromatic nitrogens is 1. The largest absolute Gasteiger partial charge is 0.480 e. The molecule has 0 bridgehead atoms. The highest BCUT2D eigenvalue weighted by atomic mass is 16.4. The predicted molar refractivity (Wildman–Crippen MR) is 154 cm³/mol. The third kappa shape index (κ3) is 9.13. The Labute approximate surface area is 237 Å². The van der Waals surface area contributed by atoms with Gasteiger partial charge in [0, 0.05) is 29.9 Å². The van der Waals surface area contributed by atoms with Crippen LogP contribution in [0.2, 0.25) is 0 Å². The number of carboxylic acid groups (broad SMARTS) is 1. The number of H-pyrrole nitrogens is 1. The van der Waals surface area contributed by atoms with Gasteiger partial charge in [-0.2, -0.15) is 0 Å². The molecule has 0 spiro atoms. The van der Waals surface area contributed by atoms with Crippen LogP contribution in [0.25, 0.3) is 10.9 Å². The number of aliphatic carboxylic acids is 1. The van der Waals surface area contributed by atoms with E-state index in [4.69, 9.17) is 11.5 Å². The molecule has 3 rings (SSSR count). The van der Waals surface area contributed by atoms with Crippen LogP contribution in [0.4, 0.5) is 0 Å². The van der Waals surface area contributed by atoms with E-state index >= 15 is 0 Å². The topological polar surface area (TPSA) is 213 Å². The lowest BCUT2D eigenvalue weighted by molar-refractivity contribution is -0.142. The van der Waals surface area contributed by atoms with Crippen LogP contribution in [0.3, 0.4) is 0 Å². The molecule has 12 heteroatoms. The molecule has 3 amide bonds. The van der Waals surface area contributed by atoms with Crippen LogP contribution in [-0.4, -0.2) is 76.2 Å². The van der Waals surface area contributed by atoms with Crippen molar-refractivity contribution in [2.45, 2.75) is 56.3 Å². The fourth-order valence-electron chi connectivity index (χ4n) is 4.45. The van der Waals surface area contributed by atoms with Gasteiger partial charge in [-0.15, -0.1) is 0 Å². The lowest BCUT2D eigenvalue weighted by Crippen LogP contribution is -2.58. The first-order valence-electron chi connectivity index (χ1n) is 13.5. The zero-order chi connectivity index (χ0) is 29.8. The van der Waals surface area contributed by atoms with Crippen molar-refractivity contribution in [2.75, 3.05) is 13.2 Å². The zero-order valence-electron chi connectivity index (χ0n) is 22.7. The number of unbranched alkanes of at least 4 members (excludes halogenated alkanes) is 1. The number of carboxylic acids is 1. The van der Waals surface area contributed by atoms with Crippen molar-refractivity contribution in [3.8, 4) is 0 Å². The Kier molecular flexibility index (Phi) is 11.8. The molecule has 4 atom stereocenters. The first kappa shape index (κ1) is 31.3. The van der Waals surface area contributed by atoms with Crippen molar-refractivity contribution in [3.63, 3.8) is 0 Å². The van der Waals surface area contributed by atoms with Gasteiger partial charge in [0.2, 0.25) is 17.7 Å². The van der Waals surface area contributed by atoms with Gasteiger partial charge in [-0.05, 0) is 43.0 Å². The van der Waals surface area contributed by atoms with Gasteiger partial charge < -0.3 is 42.6 Å². The summed E-state index contributed by atoms with van der Waals surface area (Å²) in [7, 11) is 0. The summed E-state index contributed by atoms with van der Waals surface area (Å²) in [6.07, 6.45) is 3.16. The van der Waals surface area contributed by atoms with Crippen molar-refractivity contribution in [1.29, 1.82) is 0 Å². The zero-order valence-corrected chi connectivity index (χ0v) is 22.7. The maximum atomic E-state index is 13.6. The van der Waals surface area contributed by atoms with E-state index < -0.39 is 54.5 Å². The molecule has 41 heavy (non-hydrogen) atoms. The van der Waals surface area contributed by atoms with Crippen LogP contribution in [-0.2, 0) is 32.0 Å². The molecule has 4 unspecified atom stereocenters. The molecule has 3 aromatic rings. The Morgan fingerprint density at radius 3 is 2.07 bits per heavy atom. The van der Waals surface area contributed by atoms with Crippen LogP contribution in [0.15, 0.2) is 60.8 Å². The van der Waals surface area contributed by atoms with Gasteiger partial charge in [0.05, 0.1) is 6.61 Å². The van der Waals surface area contributed by atoms with E-state index in [1.54, 1.807) is 30.5 Å². The number of para-hydroxylation sites is 1.